The fourth-order valence-electron chi connectivity index (χ4n) is 3.13. The van der Waals surface area contributed by atoms with E-state index in [1.165, 1.54) is 26.2 Å². The Morgan fingerprint density at radius 2 is 1.52 bits per heavy atom. The van der Waals surface area contributed by atoms with E-state index in [2.05, 4.69) is 19.1 Å². The van der Waals surface area contributed by atoms with Gasteiger partial charge in [0.05, 0.1) is 19.3 Å². The molecule has 170 valence electrons. The predicted octanol–water partition coefficient (Wildman–Crippen LogP) is 3.71. The molecule has 0 radical (unpaired) electrons. The highest BCUT2D eigenvalue weighted by atomic mass is 16.6. The maximum atomic E-state index is 12.0. The molecular formula is C23H42O6. The van der Waals surface area contributed by atoms with Crippen molar-refractivity contribution in [2.24, 2.45) is 5.92 Å². The number of hydrogen-bond donors (Lipinski definition) is 3. The van der Waals surface area contributed by atoms with Gasteiger partial charge >= 0.3 is 5.97 Å². The molecule has 6 nitrogen and oxygen atoms in total. The molecule has 0 aromatic rings. The first-order valence-corrected chi connectivity index (χ1v) is 11.2. The number of ether oxygens (including phenoxy) is 1. The minimum Gasteiger partial charge on any atom is -0.457 e. The molecule has 3 N–H and O–H groups in total. The van der Waals surface area contributed by atoms with Gasteiger partial charge in [-0.05, 0) is 39.0 Å². The molecule has 6 heteroatoms. The molecule has 0 aliphatic carbocycles. The number of carbonyl (C=O) groups is 2. The highest BCUT2D eigenvalue weighted by molar-refractivity contribution is 5.97. The number of hydrogen-bond acceptors (Lipinski definition) is 6. The van der Waals surface area contributed by atoms with Gasteiger partial charge in [-0.3, -0.25) is 9.59 Å². The summed E-state index contributed by atoms with van der Waals surface area (Å²) in [6.45, 7) is 2.62. The number of aliphatic hydroxyl groups excluding tert-OH is 3. The van der Waals surface area contributed by atoms with Crippen molar-refractivity contribution < 1.29 is 29.6 Å². The molecule has 0 spiro atoms. The molecule has 0 saturated heterocycles. The highest BCUT2D eigenvalue weighted by Crippen LogP contribution is 2.16. The Kier molecular flexibility index (Phi) is 18.0. The van der Waals surface area contributed by atoms with Crippen molar-refractivity contribution >= 4 is 11.8 Å². The summed E-state index contributed by atoms with van der Waals surface area (Å²) in [7, 11) is 0. The molecule has 0 aromatic carbocycles. The van der Waals surface area contributed by atoms with E-state index in [-0.39, 0.29) is 11.9 Å². The van der Waals surface area contributed by atoms with Gasteiger partial charge < -0.3 is 20.1 Å². The first-order valence-electron chi connectivity index (χ1n) is 11.2. The second-order valence-corrected chi connectivity index (χ2v) is 7.79. The Balaban J connectivity index is 3.84. The van der Waals surface area contributed by atoms with Gasteiger partial charge in [0.25, 0.3) is 0 Å². The number of allylic oxidation sites excluding steroid dienone is 1. The van der Waals surface area contributed by atoms with Crippen LogP contribution in [0.1, 0.15) is 90.9 Å². The van der Waals surface area contributed by atoms with E-state index in [0.717, 1.165) is 51.4 Å². The van der Waals surface area contributed by atoms with Crippen molar-refractivity contribution in [2.75, 3.05) is 13.2 Å². The third-order valence-electron chi connectivity index (χ3n) is 5.04. The van der Waals surface area contributed by atoms with Gasteiger partial charge in [0.1, 0.15) is 17.8 Å². The van der Waals surface area contributed by atoms with Crippen LogP contribution in [0.4, 0.5) is 0 Å². The average molecular weight is 415 g/mol. The van der Waals surface area contributed by atoms with E-state index in [4.69, 9.17) is 14.9 Å². The maximum absolute atomic E-state index is 12.0. The number of unbranched alkanes of at least 4 members (excludes halogenated alkanes) is 7. The highest BCUT2D eigenvalue weighted by Gasteiger charge is 2.26. The lowest BCUT2D eigenvalue weighted by molar-refractivity contribution is -0.160. The van der Waals surface area contributed by atoms with Crippen molar-refractivity contribution in [1.29, 1.82) is 0 Å². The van der Waals surface area contributed by atoms with Gasteiger partial charge in [0, 0.05) is 0 Å². The van der Waals surface area contributed by atoms with E-state index in [1.54, 1.807) is 0 Å². The molecule has 0 aromatic heterocycles. The molecule has 0 amide bonds. The standard InChI is InChI=1S/C23H42O6/c1-3-4-5-11-14-20(27)15-12-9-7-6-8-10-13-16-22(19(2)26)23(28)29-21(17-24)18-25/h9,12,20-22,24-25,27H,3-8,10-11,13-18H2,1-2H3/b12-9-/t20-,22?/m1/s1. The quantitative estimate of drug-likeness (QED) is 0.129. The van der Waals surface area contributed by atoms with Crippen LogP contribution in [0.2, 0.25) is 0 Å². The van der Waals surface area contributed by atoms with E-state index in [1.807, 2.05) is 0 Å². The normalized spacial score (nSPS) is 13.7. The first kappa shape index (κ1) is 27.8. The van der Waals surface area contributed by atoms with Gasteiger partial charge in [0.2, 0.25) is 0 Å². The molecule has 0 rings (SSSR count). The molecule has 0 heterocycles. The molecule has 1 unspecified atom stereocenters. The number of ketones is 1. The largest absolute Gasteiger partial charge is 0.457 e. The fourth-order valence-corrected chi connectivity index (χ4v) is 3.13. The Labute approximate surface area is 176 Å². The van der Waals surface area contributed by atoms with Gasteiger partial charge in [0.15, 0.2) is 0 Å². The number of carbonyl (C=O) groups excluding carboxylic acids is 2. The zero-order valence-corrected chi connectivity index (χ0v) is 18.4. The summed E-state index contributed by atoms with van der Waals surface area (Å²) in [6.07, 6.45) is 14.4. The maximum Gasteiger partial charge on any atom is 0.316 e. The van der Waals surface area contributed by atoms with Crippen molar-refractivity contribution in [2.45, 2.75) is 103 Å². The zero-order chi connectivity index (χ0) is 21.9. The third kappa shape index (κ3) is 15.3. The van der Waals surface area contributed by atoms with Crippen LogP contribution in [0.15, 0.2) is 12.2 Å². The minimum atomic E-state index is -0.967. The number of aliphatic hydroxyl groups is 3. The van der Waals surface area contributed by atoms with Crippen molar-refractivity contribution in [3.05, 3.63) is 12.2 Å². The zero-order valence-electron chi connectivity index (χ0n) is 18.4. The molecule has 0 fully saturated rings. The number of esters is 1. The number of Topliss-reactive ketones (excluding diaryl/α,β-unsaturated/α-hetero) is 1. The molecule has 0 aliphatic heterocycles. The monoisotopic (exact) mass is 414 g/mol. The topological polar surface area (TPSA) is 104 Å². The summed E-state index contributed by atoms with van der Waals surface area (Å²) in [5, 5.41) is 27.9. The fraction of sp³-hybridized carbons (Fsp3) is 0.826. The Bertz CT molecular complexity index is 445. The molecule has 0 aliphatic rings. The lowest BCUT2D eigenvalue weighted by atomic mass is 9.97. The SMILES string of the molecule is CCCCCC[C@@H](O)C/C=C\CCCCCCC(C(C)=O)C(=O)OC(CO)CO. The van der Waals surface area contributed by atoms with Crippen LogP contribution in [0, 0.1) is 5.92 Å². The lowest BCUT2D eigenvalue weighted by Crippen LogP contribution is -2.32. The van der Waals surface area contributed by atoms with Gasteiger partial charge in [-0.15, -0.1) is 0 Å². The Hall–Kier alpha value is -1.24. The third-order valence-corrected chi connectivity index (χ3v) is 5.04. The smallest absolute Gasteiger partial charge is 0.316 e. The van der Waals surface area contributed by atoms with Gasteiger partial charge in [-0.25, -0.2) is 0 Å². The molecule has 29 heavy (non-hydrogen) atoms. The van der Waals surface area contributed by atoms with Gasteiger partial charge in [-0.1, -0.05) is 64.0 Å². The van der Waals surface area contributed by atoms with Crippen LogP contribution in [-0.4, -0.2) is 52.5 Å². The second-order valence-electron chi connectivity index (χ2n) is 7.79. The van der Waals surface area contributed by atoms with Crippen LogP contribution in [-0.2, 0) is 14.3 Å². The van der Waals surface area contributed by atoms with Crippen molar-refractivity contribution in [3.8, 4) is 0 Å². The van der Waals surface area contributed by atoms with Crippen LogP contribution < -0.4 is 0 Å². The lowest BCUT2D eigenvalue weighted by Gasteiger charge is -2.17. The Morgan fingerprint density at radius 3 is 2.14 bits per heavy atom. The van der Waals surface area contributed by atoms with Crippen LogP contribution in [0.3, 0.4) is 0 Å². The molecular weight excluding hydrogens is 372 g/mol. The summed E-state index contributed by atoms with van der Waals surface area (Å²) in [6, 6.07) is 0. The molecule has 0 bridgehead atoms. The van der Waals surface area contributed by atoms with Crippen LogP contribution in [0.5, 0.6) is 0 Å². The summed E-state index contributed by atoms with van der Waals surface area (Å²) >= 11 is 0. The summed E-state index contributed by atoms with van der Waals surface area (Å²) < 4.78 is 4.96. The van der Waals surface area contributed by atoms with E-state index in [0.29, 0.717) is 6.42 Å². The Morgan fingerprint density at radius 1 is 0.897 bits per heavy atom. The number of rotatable bonds is 19. The average Bonchev–Trinajstić information content (AvgIpc) is 2.70. The van der Waals surface area contributed by atoms with Gasteiger partial charge in [-0.2, -0.15) is 0 Å². The summed E-state index contributed by atoms with van der Waals surface area (Å²) in [5.74, 6) is -1.74. The van der Waals surface area contributed by atoms with E-state index in [9.17, 15) is 14.7 Å². The van der Waals surface area contributed by atoms with Crippen LogP contribution in [0.25, 0.3) is 0 Å². The van der Waals surface area contributed by atoms with Crippen molar-refractivity contribution in [1.82, 2.24) is 0 Å². The van der Waals surface area contributed by atoms with E-state index >= 15 is 0 Å². The van der Waals surface area contributed by atoms with Crippen molar-refractivity contribution in [3.63, 3.8) is 0 Å². The molecule has 0 saturated carbocycles. The van der Waals surface area contributed by atoms with E-state index < -0.39 is 31.2 Å². The predicted molar refractivity (Wildman–Crippen MR) is 114 cm³/mol. The first-order chi connectivity index (χ1) is 14.0. The minimum absolute atomic E-state index is 0.234. The molecule has 2 atom stereocenters. The second kappa shape index (κ2) is 18.8. The summed E-state index contributed by atoms with van der Waals surface area (Å²) in [5.41, 5.74) is 0. The van der Waals surface area contributed by atoms with Crippen LogP contribution >= 0.6 is 0 Å². The summed E-state index contributed by atoms with van der Waals surface area (Å²) in [4.78, 5) is 23.7.